The molecule has 1 unspecified atom stereocenters. The van der Waals surface area contributed by atoms with Gasteiger partial charge in [-0.05, 0) is 68.5 Å². The van der Waals surface area contributed by atoms with E-state index >= 15 is 0 Å². The Balaban J connectivity index is 1.74. The summed E-state index contributed by atoms with van der Waals surface area (Å²) in [7, 11) is 0. The topological polar surface area (TPSA) is 75.0 Å². The molecular weight excluding hydrogens is 396 g/mol. The average Bonchev–Trinajstić information content (AvgIpc) is 2.69. The van der Waals surface area contributed by atoms with Crippen molar-refractivity contribution in [1.82, 2.24) is 0 Å². The van der Waals surface area contributed by atoms with Gasteiger partial charge in [-0.2, -0.15) is 0 Å². The average molecular weight is 424 g/mol. The number of fused-ring (bicyclic) bond motifs is 1. The first kappa shape index (κ1) is 22.4. The van der Waals surface area contributed by atoms with Gasteiger partial charge in [-0.1, -0.05) is 19.9 Å². The number of carbonyl (C=O) groups is 1. The molecule has 0 aliphatic rings. The van der Waals surface area contributed by atoms with Gasteiger partial charge in [-0.15, -0.1) is 0 Å². The van der Waals surface area contributed by atoms with Crippen molar-refractivity contribution in [2.24, 2.45) is 5.92 Å². The fourth-order valence-corrected chi connectivity index (χ4v) is 3.12. The molecule has 164 valence electrons. The second kappa shape index (κ2) is 9.69. The quantitative estimate of drug-likeness (QED) is 0.441. The third-order valence-electron chi connectivity index (χ3n) is 4.72. The van der Waals surface area contributed by atoms with Gasteiger partial charge in [0.1, 0.15) is 23.3 Å². The fraction of sp³-hybridized carbons (Fsp3) is 0.360. The predicted octanol–water partition coefficient (Wildman–Crippen LogP) is 5.56. The first-order valence-electron chi connectivity index (χ1n) is 10.4. The molecule has 0 aliphatic carbocycles. The number of esters is 1. The van der Waals surface area contributed by atoms with Crippen LogP contribution in [0.5, 0.6) is 17.2 Å². The van der Waals surface area contributed by atoms with E-state index in [0.717, 1.165) is 17.5 Å². The summed E-state index contributed by atoms with van der Waals surface area (Å²) in [6, 6.07) is 10.5. The highest BCUT2D eigenvalue weighted by Gasteiger charge is 2.18. The van der Waals surface area contributed by atoms with Crippen LogP contribution in [0.1, 0.15) is 38.3 Å². The molecule has 0 saturated carbocycles. The molecule has 0 bridgehead atoms. The Morgan fingerprint density at radius 1 is 1.00 bits per heavy atom. The number of hydrogen-bond acceptors (Lipinski definition) is 6. The van der Waals surface area contributed by atoms with E-state index in [2.05, 4.69) is 13.8 Å². The van der Waals surface area contributed by atoms with Crippen LogP contribution in [0.25, 0.3) is 11.0 Å². The van der Waals surface area contributed by atoms with Crippen molar-refractivity contribution in [2.75, 3.05) is 6.61 Å². The maximum absolute atomic E-state index is 12.8. The zero-order chi connectivity index (χ0) is 22.5. The Hall–Kier alpha value is -3.28. The van der Waals surface area contributed by atoms with E-state index in [1.165, 1.54) is 6.26 Å². The number of aryl methyl sites for hydroxylation is 2. The highest BCUT2D eigenvalue weighted by atomic mass is 16.6. The van der Waals surface area contributed by atoms with Gasteiger partial charge in [0.25, 0.3) is 0 Å². The lowest BCUT2D eigenvalue weighted by molar-refractivity contribution is -0.151. The highest BCUT2D eigenvalue weighted by Crippen LogP contribution is 2.26. The molecule has 6 nitrogen and oxygen atoms in total. The van der Waals surface area contributed by atoms with E-state index in [9.17, 15) is 9.59 Å². The summed E-state index contributed by atoms with van der Waals surface area (Å²) in [6.07, 6.45) is 1.31. The molecule has 2 aromatic carbocycles. The minimum absolute atomic E-state index is 0.105. The predicted molar refractivity (Wildman–Crippen MR) is 119 cm³/mol. The minimum Gasteiger partial charge on any atom is -0.479 e. The van der Waals surface area contributed by atoms with Crippen LogP contribution in [0.15, 0.2) is 51.9 Å². The zero-order valence-electron chi connectivity index (χ0n) is 18.6. The summed E-state index contributed by atoms with van der Waals surface area (Å²) in [4.78, 5) is 24.9. The van der Waals surface area contributed by atoms with Gasteiger partial charge in [0.05, 0.1) is 12.0 Å². The number of carbonyl (C=O) groups excluding carboxylic acids is 1. The van der Waals surface area contributed by atoms with Crippen LogP contribution in [0.4, 0.5) is 0 Å². The van der Waals surface area contributed by atoms with E-state index in [0.29, 0.717) is 35.0 Å². The molecule has 6 heteroatoms. The van der Waals surface area contributed by atoms with Crippen LogP contribution in [0, 0.1) is 19.8 Å². The third kappa shape index (κ3) is 5.87. The van der Waals surface area contributed by atoms with Crippen LogP contribution in [0.2, 0.25) is 0 Å². The second-order valence-corrected chi connectivity index (χ2v) is 8.12. The third-order valence-corrected chi connectivity index (χ3v) is 4.72. The number of rotatable bonds is 8. The van der Waals surface area contributed by atoms with Gasteiger partial charge in [-0.25, -0.2) is 4.79 Å². The first-order valence-corrected chi connectivity index (χ1v) is 10.4. The van der Waals surface area contributed by atoms with Gasteiger partial charge in [0.15, 0.2) is 6.10 Å². The largest absolute Gasteiger partial charge is 0.479 e. The van der Waals surface area contributed by atoms with E-state index in [1.807, 2.05) is 32.0 Å². The monoisotopic (exact) mass is 424 g/mol. The lowest BCUT2D eigenvalue weighted by Gasteiger charge is -2.15. The molecule has 0 amide bonds. The molecule has 0 aliphatic heterocycles. The van der Waals surface area contributed by atoms with E-state index in [1.54, 1.807) is 25.1 Å². The Bertz CT molecular complexity index is 1110. The SMILES string of the molecule is Cc1cc(C)cc(Oc2coc3cc(OC(C)C(=O)OCCC(C)C)ccc3c2=O)c1. The molecule has 1 aromatic heterocycles. The first-order chi connectivity index (χ1) is 14.7. The van der Waals surface area contributed by atoms with Crippen molar-refractivity contribution >= 4 is 16.9 Å². The van der Waals surface area contributed by atoms with Crippen molar-refractivity contribution in [1.29, 1.82) is 0 Å². The van der Waals surface area contributed by atoms with Gasteiger partial charge in [0.2, 0.25) is 11.2 Å². The lowest BCUT2D eigenvalue weighted by atomic mass is 10.1. The summed E-state index contributed by atoms with van der Waals surface area (Å²) in [5, 5.41) is 0.362. The Morgan fingerprint density at radius 2 is 1.71 bits per heavy atom. The van der Waals surface area contributed by atoms with Crippen LogP contribution < -0.4 is 14.9 Å². The molecule has 3 aromatic rings. The minimum atomic E-state index is -0.775. The second-order valence-electron chi connectivity index (χ2n) is 8.12. The van der Waals surface area contributed by atoms with Crippen LogP contribution in [-0.4, -0.2) is 18.7 Å². The Morgan fingerprint density at radius 3 is 2.39 bits per heavy atom. The van der Waals surface area contributed by atoms with E-state index in [4.69, 9.17) is 18.6 Å². The standard InChI is InChI=1S/C25H28O6/c1-15(2)8-9-28-25(27)18(5)30-19-6-7-21-22(13-19)29-14-23(24(21)26)31-20-11-16(3)10-17(4)12-20/h6-7,10-15,18H,8-9H2,1-5H3. The normalized spacial score (nSPS) is 12.1. The van der Waals surface area contributed by atoms with Crippen molar-refractivity contribution in [2.45, 2.75) is 47.1 Å². The molecule has 31 heavy (non-hydrogen) atoms. The summed E-state index contributed by atoms with van der Waals surface area (Å²) in [5.41, 5.74) is 2.14. The number of ether oxygens (including phenoxy) is 3. The Labute approximate surface area is 181 Å². The summed E-state index contributed by atoms with van der Waals surface area (Å²) in [6.45, 7) is 10.0. The fourth-order valence-electron chi connectivity index (χ4n) is 3.12. The lowest BCUT2D eigenvalue weighted by Crippen LogP contribution is -2.26. The molecule has 0 N–H and O–H groups in total. The van der Waals surface area contributed by atoms with Gasteiger partial charge in [0, 0.05) is 6.07 Å². The molecule has 3 rings (SSSR count). The molecule has 0 fully saturated rings. The van der Waals surface area contributed by atoms with E-state index in [-0.39, 0.29) is 11.2 Å². The molecule has 0 saturated heterocycles. The molecule has 0 spiro atoms. The number of benzene rings is 2. The summed E-state index contributed by atoms with van der Waals surface area (Å²) >= 11 is 0. The molecular formula is C25H28O6. The van der Waals surface area contributed by atoms with Crippen LogP contribution >= 0.6 is 0 Å². The summed E-state index contributed by atoms with van der Waals surface area (Å²) < 4.78 is 22.3. The van der Waals surface area contributed by atoms with Crippen molar-refractivity contribution in [3.8, 4) is 17.2 Å². The van der Waals surface area contributed by atoms with Crippen molar-refractivity contribution in [3.63, 3.8) is 0 Å². The van der Waals surface area contributed by atoms with Crippen molar-refractivity contribution in [3.05, 3.63) is 64.0 Å². The summed E-state index contributed by atoms with van der Waals surface area (Å²) in [5.74, 6) is 1.12. The van der Waals surface area contributed by atoms with E-state index < -0.39 is 12.1 Å². The van der Waals surface area contributed by atoms with Gasteiger partial charge >= 0.3 is 5.97 Å². The maximum Gasteiger partial charge on any atom is 0.347 e. The number of hydrogen-bond donors (Lipinski definition) is 0. The van der Waals surface area contributed by atoms with Crippen molar-refractivity contribution < 1.29 is 23.4 Å². The highest BCUT2D eigenvalue weighted by molar-refractivity contribution is 5.79. The molecule has 1 atom stereocenters. The van der Waals surface area contributed by atoms with Gasteiger partial charge in [-0.3, -0.25) is 4.79 Å². The zero-order valence-corrected chi connectivity index (χ0v) is 18.6. The molecule has 1 heterocycles. The van der Waals surface area contributed by atoms with Gasteiger partial charge < -0.3 is 18.6 Å². The van der Waals surface area contributed by atoms with Crippen LogP contribution in [0.3, 0.4) is 0 Å². The molecule has 0 radical (unpaired) electrons. The maximum atomic E-state index is 12.8. The smallest absolute Gasteiger partial charge is 0.347 e. The van der Waals surface area contributed by atoms with Crippen LogP contribution in [-0.2, 0) is 9.53 Å². The Kier molecular flexibility index (Phi) is 7.00.